The van der Waals surface area contributed by atoms with Gasteiger partial charge in [0.05, 0.1) is 19.9 Å². The zero-order valence-corrected chi connectivity index (χ0v) is 21.4. The lowest BCUT2D eigenvalue weighted by Crippen LogP contribution is -2.24. The Balaban J connectivity index is 0.00000342. The quantitative estimate of drug-likeness (QED) is 0.367. The summed E-state index contributed by atoms with van der Waals surface area (Å²) in [7, 11) is 3.11. The van der Waals surface area contributed by atoms with Crippen molar-refractivity contribution in [2.24, 2.45) is 0 Å². The van der Waals surface area contributed by atoms with Gasteiger partial charge in [-0.25, -0.2) is 0 Å². The van der Waals surface area contributed by atoms with Crippen LogP contribution in [0.5, 0.6) is 17.2 Å². The molecule has 35 heavy (non-hydrogen) atoms. The maximum absolute atomic E-state index is 12.4. The molecule has 0 aliphatic heterocycles. The summed E-state index contributed by atoms with van der Waals surface area (Å²) >= 11 is 5.97. The minimum Gasteiger partial charge on any atom is -0.495 e. The molecule has 1 unspecified atom stereocenters. The van der Waals surface area contributed by atoms with Crippen molar-refractivity contribution in [2.45, 2.75) is 31.8 Å². The highest BCUT2D eigenvalue weighted by molar-refractivity contribution is 6.30. The van der Waals surface area contributed by atoms with Crippen LogP contribution in [0, 0.1) is 0 Å². The molecule has 1 aliphatic carbocycles. The average Bonchev–Trinajstić information content (AvgIpc) is 2.87. The highest BCUT2D eigenvalue weighted by Gasteiger charge is 2.19. The van der Waals surface area contributed by atoms with Crippen LogP contribution in [0.25, 0.3) is 0 Å². The highest BCUT2D eigenvalue weighted by atomic mass is 35.5. The van der Waals surface area contributed by atoms with E-state index < -0.39 is 0 Å². The molecule has 6 nitrogen and oxygen atoms in total. The summed E-state index contributed by atoms with van der Waals surface area (Å²) in [5.41, 5.74) is 4.44. The van der Waals surface area contributed by atoms with Crippen LogP contribution in [-0.2, 0) is 17.8 Å². The van der Waals surface area contributed by atoms with Crippen LogP contribution in [0.1, 0.15) is 35.6 Å². The van der Waals surface area contributed by atoms with Gasteiger partial charge in [-0.15, -0.1) is 12.4 Å². The molecule has 3 aromatic rings. The third-order valence-corrected chi connectivity index (χ3v) is 6.18. The van der Waals surface area contributed by atoms with Crippen LogP contribution < -0.4 is 24.8 Å². The second kappa shape index (κ2) is 12.7. The lowest BCUT2D eigenvalue weighted by molar-refractivity contribution is -0.118. The molecule has 4 rings (SSSR count). The molecule has 2 N–H and O–H groups in total. The lowest BCUT2D eigenvalue weighted by Gasteiger charge is -2.26. The molecular weight excluding hydrogens is 487 g/mol. The fraction of sp³-hybridized carbons (Fsp3) is 0.296. The zero-order chi connectivity index (χ0) is 23.9. The Bertz CT molecular complexity index is 1160. The number of hydrogen-bond acceptors (Lipinski definition) is 5. The minimum absolute atomic E-state index is 0. The van der Waals surface area contributed by atoms with E-state index in [1.165, 1.54) is 24.7 Å². The number of fused-ring (bicyclic) bond motifs is 1. The van der Waals surface area contributed by atoms with Crippen molar-refractivity contribution in [3.8, 4) is 17.2 Å². The molecule has 3 aromatic carbocycles. The van der Waals surface area contributed by atoms with Crippen molar-refractivity contribution >= 4 is 35.6 Å². The first-order valence-corrected chi connectivity index (χ1v) is 11.7. The van der Waals surface area contributed by atoms with Gasteiger partial charge in [0, 0.05) is 23.7 Å². The van der Waals surface area contributed by atoms with Gasteiger partial charge in [-0.05, 0) is 60.2 Å². The number of halogens is 2. The van der Waals surface area contributed by atoms with Gasteiger partial charge in [-0.3, -0.25) is 4.79 Å². The van der Waals surface area contributed by atoms with Gasteiger partial charge in [0.15, 0.2) is 18.1 Å². The summed E-state index contributed by atoms with van der Waals surface area (Å²) < 4.78 is 16.5. The van der Waals surface area contributed by atoms with Crippen molar-refractivity contribution in [1.82, 2.24) is 5.32 Å². The van der Waals surface area contributed by atoms with Crippen LogP contribution in [-0.4, -0.2) is 26.7 Å². The SMILES string of the molecule is COc1cc(Cl)ccc1NC(=O)COc1ccc(CNC2CCCc3ccccc32)cc1OC.Cl. The molecule has 1 aliphatic rings. The lowest BCUT2D eigenvalue weighted by atomic mass is 9.87. The summed E-state index contributed by atoms with van der Waals surface area (Å²) in [6.45, 7) is 0.547. The Kier molecular flexibility index (Phi) is 9.66. The summed E-state index contributed by atoms with van der Waals surface area (Å²) in [6.07, 6.45) is 3.46. The Hall–Kier alpha value is -2.93. The van der Waals surface area contributed by atoms with E-state index in [1.54, 1.807) is 25.3 Å². The van der Waals surface area contributed by atoms with Crippen LogP contribution >= 0.6 is 24.0 Å². The molecule has 1 amide bonds. The molecule has 0 saturated carbocycles. The molecule has 1 atom stereocenters. The van der Waals surface area contributed by atoms with Crippen LogP contribution in [0.15, 0.2) is 60.7 Å². The number of rotatable bonds is 9. The summed E-state index contributed by atoms with van der Waals surface area (Å²) in [6, 6.07) is 19.8. The van der Waals surface area contributed by atoms with Gasteiger partial charge in [-0.2, -0.15) is 0 Å². The van der Waals surface area contributed by atoms with Crippen LogP contribution in [0.4, 0.5) is 5.69 Å². The number of anilines is 1. The number of carbonyl (C=O) groups excluding carboxylic acids is 1. The van der Waals surface area contributed by atoms with Gasteiger partial charge in [0.25, 0.3) is 5.91 Å². The molecule has 0 heterocycles. The van der Waals surface area contributed by atoms with Crippen molar-refractivity contribution < 1.29 is 19.0 Å². The molecule has 0 saturated heterocycles. The maximum atomic E-state index is 12.4. The number of hydrogen-bond donors (Lipinski definition) is 2. The topological polar surface area (TPSA) is 68.8 Å². The predicted octanol–water partition coefficient (Wildman–Crippen LogP) is 5.96. The van der Waals surface area contributed by atoms with E-state index in [0.717, 1.165) is 18.4 Å². The van der Waals surface area contributed by atoms with E-state index in [4.69, 9.17) is 25.8 Å². The predicted molar refractivity (Wildman–Crippen MR) is 141 cm³/mol. The Labute approximate surface area is 217 Å². The number of benzene rings is 3. The van der Waals surface area contributed by atoms with E-state index in [9.17, 15) is 4.79 Å². The van der Waals surface area contributed by atoms with Crippen LogP contribution in [0.2, 0.25) is 5.02 Å². The molecule has 0 radical (unpaired) electrons. The molecule has 186 valence electrons. The molecule has 0 aromatic heterocycles. The molecular formula is C27H30Cl2N2O4. The summed E-state index contributed by atoms with van der Waals surface area (Å²) in [5, 5.41) is 6.98. The fourth-order valence-electron chi connectivity index (χ4n) is 4.25. The number of carbonyl (C=O) groups is 1. The number of amides is 1. The number of aryl methyl sites for hydroxylation is 1. The van der Waals surface area contributed by atoms with Crippen LogP contribution in [0.3, 0.4) is 0 Å². The Morgan fingerprint density at radius 3 is 2.60 bits per heavy atom. The van der Waals surface area contributed by atoms with Crippen molar-refractivity contribution in [3.63, 3.8) is 0 Å². The molecule has 0 bridgehead atoms. The molecule has 8 heteroatoms. The van der Waals surface area contributed by atoms with Gasteiger partial charge < -0.3 is 24.8 Å². The second-order valence-electron chi connectivity index (χ2n) is 8.19. The Morgan fingerprint density at radius 2 is 1.80 bits per heavy atom. The third-order valence-electron chi connectivity index (χ3n) is 5.95. The van der Waals surface area contributed by atoms with Gasteiger partial charge >= 0.3 is 0 Å². The van der Waals surface area contributed by atoms with E-state index >= 15 is 0 Å². The van der Waals surface area contributed by atoms with E-state index in [2.05, 4.69) is 34.9 Å². The first kappa shape index (κ1) is 26.7. The first-order valence-electron chi connectivity index (χ1n) is 11.3. The first-order chi connectivity index (χ1) is 16.6. The van der Waals surface area contributed by atoms with Crippen molar-refractivity contribution in [3.05, 3.63) is 82.4 Å². The summed E-state index contributed by atoms with van der Waals surface area (Å²) in [5.74, 6) is 1.26. The van der Waals surface area contributed by atoms with E-state index in [-0.39, 0.29) is 24.9 Å². The van der Waals surface area contributed by atoms with Gasteiger partial charge in [0.1, 0.15) is 5.75 Å². The summed E-state index contributed by atoms with van der Waals surface area (Å²) in [4.78, 5) is 12.4. The van der Waals surface area contributed by atoms with Gasteiger partial charge in [0.2, 0.25) is 0 Å². The average molecular weight is 517 g/mol. The third kappa shape index (κ3) is 6.82. The molecule has 0 fully saturated rings. The normalized spacial score (nSPS) is 14.3. The fourth-order valence-corrected chi connectivity index (χ4v) is 4.41. The largest absolute Gasteiger partial charge is 0.495 e. The monoisotopic (exact) mass is 516 g/mol. The standard InChI is InChI=1S/C27H29ClN2O4.ClH/c1-32-25-15-20(28)11-12-23(25)30-27(31)17-34-24-13-10-18(14-26(24)33-2)16-29-22-9-5-7-19-6-3-4-8-21(19)22;/h3-4,6,8,10-15,22,29H,5,7,9,16-17H2,1-2H3,(H,30,31);1H. The highest BCUT2D eigenvalue weighted by Crippen LogP contribution is 2.32. The van der Waals surface area contributed by atoms with Crippen molar-refractivity contribution in [1.29, 1.82) is 0 Å². The number of nitrogens with one attached hydrogen (secondary N) is 2. The number of ether oxygens (including phenoxy) is 3. The smallest absolute Gasteiger partial charge is 0.262 e. The zero-order valence-electron chi connectivity index (χ0n) is 19.8. The van der Waals surface area contributed by atoms with E-state index in [0.29, 0.717) is 40.5 Å². The van der Waals surface area contributed by atoms with Crippen molar-refractivity contribution in [2.75, 3.05) is 26.1 Å². The molecule has 0 spiro atoms. The maximum Gasteiger partial charge on any atom is 0.262 e. The minimum atomic E-state index is -0.315. The Morgan fingerprint density at radius 1 is 1.00 bits per heavy atom. The number of methoxy groups -OCH3 is 2. The van der Waals surface area contributed by atoms with Gasteiger partial charge in [-0.1, -0.05) is 41.9 Å². The second-order valence-corrected chi connectivity index (χ2v) is 8.63. The van der Waals surface area contributed by atoms with E-state index in [1.807, 2.05) is 18.2 Å².